The van der Waals surface area contributed by atoms with Crippen LogP contribution in [0.15, 0.2) is 47.3 Å². The molecule has 6 nitrogen and oxygen atoms in total. The van der Waals surface area contributed by atoms with Gasteiger partial charge in [-0.25, -0.2) is 9.50 Å². The predicted octanol–water partition coefficient (Wildman–Crippen LogP) is 3.13. The molecule has 0 saturated carbocycles. The maximum absolute atomic E-state index is 12.6. The largest absolute Gasteiger partial charge is 0.416 e. The summed E-state index contributed by atoms with van der Waals surface area (Å²) >= 11 is 3.18. The van der Waals surface area contributed by atoms with Gasteiger partial charge in [0.2, 0.25) is 4.73 Å². The van der Waals surface area contributed by atoms with E-state index in [1.807, 2.05) is 4.90 Å². The Bertz CT molecular complexity index is 996. The standard InChI is InChI=1S/C17H13BrF3N5O/c18-16-23-14-6-1-10(7-26(14)24-16)15(27)22-12-8-25(9-12)13-4-2-11(3-5-13)17(19,20)21/h1-7,12H,8-9H2,(H,22,27). The molecule has 1 N–H and O–H groups in total. The molecule has 1 fully saturated rings. The van der Waals surface area contributed by atoms with Gasteiger partial charge in [0, 0.05) is 25.0 Å². The number of nitrogens with one attached hydrogen (secondary N) is 1. The van der Waals surface area contributed by atoms with Gasteiger partial charge in [-0.15, -0.1) is 5.10 Å². The predicted molar refractivity (Wildman–Crippen MR) is 95.6 cm³/mol. The zero-order chi connectivity index (χ0) is 19.2. The summed E-state index contributed by atoms with van der Waals surface area (Å²) in [6.07, 6.45) is -2.75. The lowest BCUT2D eigenvalue weighted by atomic mass is 10.1. The van der Waals surface area contributed by atoms with Crippen molar-refractivity contribution in [3.63, 3.8) is 0 Å². The van der Waals surface area contributed by atoms with Crippen molar-refractivity contribution in [3.8, 4) is 0 Å². The molecule has 0 atom stereocenters. The highest BCUT2D eigenvalue weighted by atomic mass is 79.9. The Morgan fingerprint density at radius 3 is 2.52 bits per heavy atom. The number of anilines is 1. The lowest BCUT2D eigenvalue weighted by molar-refractivity contribution is -0.137. The first-order chi connectivity index (χ1) is 12.8. The van der Waals surface area contributed by atoms with Crippen LogP contribution in [0.4, 0.5) is 18.9 Å². The van der Waals surface area contributed by atoms with Gasteiger partial charge in [0.05, 0.1) is 17.2 Å². The molecule has 10 heteroatoms. The van der Waals surface area contributed by atoms with E-state index in [0.717, 1.165) is 12.1 Å². The van der Waals surface area contributed by atoms with Gasteiger partial charge >= 0.3 is 6.18 Å². The van der Waals surface area contributed by atoms with Crippen LogP contribution >= 0.6 is 15.9 Å². The molecule has 0 unspecified atom stereocenters. The van der Waals surface area contributed by atoms with Gasteiger partial charge in [0.1, 0.15) is 0 Å². The SMILES string of the molecule is O=C(NC1CN(c2ccc(C(F)(F)F)cc2)C1)c1ccc2nc(Br)nn2c1. The number of fused-ring (bicyclic) bond motifs is 1. The second-order valence-electron chi connectivity index (χ2n) is 6.22. The van der Waals surface area contributed by atoms with E-state index in [1.54, 1.807) is 18.3 Å². The third kappa shape index (κ3) is 3.61. The summed E-state index contributed by atoms with van der Waals surface area (Å²) in [7, 11) is 0. The lowest BCUT2D eigenvalue weighted by Crippen LogP contribution is -2.59. The summed E-state index contributed by atoms with van der Waals surface area (Å²) in [5.74, 6) is -0.236. The van der Waals surface area contributed by atoms with Crippen LogP contribution in [0, 0.1) is 0 Å². The molecule has 0 radical (unpaired) electrons. The average molecular weight is 440 g/mol. The number of rotatable bonds is 3. The molecule has 1 aromatic carbocycles. The van der Waals surface area contributed by atoms with E-state index in [-0.39, 0.29) is 11.9 Å². The number of carbonyl (C=O) groups is 1. The minimum atomic E-state index is -4.34. The minimum Gasteiger partial charge on any atom is -0.367 e. The first-order valence-electron chi connectivity index (χ1n) is 8.04. The number of amides is 1. The van der Waals surface area contributed by atoms with E-state index in [9.17, 15) is 18.0 Å². The number of carbonyl (C=O) groups excluding carboxylic acids is 1. The van der Waals surface area contributed by atoms with Crippen molar-refractivity contribution in [1.29, 1.82) is 0 Å². The molecule has 1 aliphatic rings. The average Bonchev–Trinajstić information content (AvgIpc) is 2.96. The molecule has 2 aromatic heterocycles. The van der Waals surface area contributed by atoms with Crippen LogP contribution in [0.2, 0.25) is 0 Å². The molecule has 3 heterocycles. The number of hydrogen-bond acceptors (Lipinski definition) is 4. The number of pyridine rings is 1. The van der Waals surface area contributed by atoms with Gasteiger partial charge in [-0.2, -0.15) is 13.2 Å². The van der Waals surface area contributed by atoms with Crippen molar-refractivity contribution in [2.75, 3.05) is 18.0 Å². The Morgan fingerprint density at radius 2 is 1.85 bits per heavy atom. The molecule has 27 heavy (non-hydrogen) atoms. The number of aromatic nitrogens is 3. The summed E-state index contributed by atoms with van der Waals surface area (Å²) in [5, 5.41) is 7.01. The normalized spacial score (nSPS) is 15.0. The number of halogens is 4. The molecule has 0 aliphatic carbocycles. The Labute approximate surface area is 160 Å². The summed E-state index contributed by atoms with van der Waals surface area (Å²) in [6.45, 7) is 1.07. The molecule has 4 rings (SSSR count). The van der Waals surface area contributed by atoms with Crippen molar-refractivity contribution >= 4 is 33.2 Å². The summed E-state index contributed by atoms with van der Waals surface area (Å²) in [5.41, 5.74) is 1.09. The molecular formula is C17H13BrF3N5O. The van der Waals surface area contributed by atoms with Crippen LogP contribution in [0.5, 0.6) is 0 Å². The Hall–Kier alpha value is -2.62. The maximum Gasteiger partial charge on any atom is 0.416 e. The first kappa shape index (κ1) is 17.8. The number of hydrogen-bond donors (Lipinski definition) is 1. The Morgan fingerprint density at radius 1 is 1.15 bits per heavy atom. The van der Waals surface area contributed by atoms with Crippen molar-refractivity contribution in [2.45, 2.75) is 12.2 Å². The van der Waals surface area contributed by atoms with Crippen LogP contribution in [0.1, 0.15) is 15.9 Å². The van der Waals surface area contributed by atoms with E-state index >= 15 is 0 Å². The quantitative estimate of drug-likeness (QED) is 0.680. The highest BCUT2D eigenvalue weighted by Crippen LogP contribution is 2.31. The number of benzene rings is 1. The molecule has 140 valence electrons. The highest BCUT2D eigenvalue weighted by molar-refractivity contribution is 9.10. The third-order valence-corrected chi connectivity index (χ3v) is 4.68. The number of nitrogens with zero attached hydrogens (tertiary/aromatic N) is 4. The second-order valence-corrected chi connectivity index (χ2v) is 6.93. The van der Waals surface area contributed by atoms with Crippen LogP contribution in [-0.2, 0) is 6.18 Å². The van der Waals surface area contributed by atoms with Crippen molar-refractivity contribution in [2.24, 2.45) is 0 Å². The molecule has 1 aliphatic heterocycles. The fourth-order valence-corrected chi connectivity index (χ4v) is 3.25. The topological polar surface area (TPSA) is 62.5 Å². The van der Waals surface area contributed by atoms with Crippen molar-refractivity contribution in [1.82, 2.24) is 19.9 Å². The lowest BCUT2D eigenvalue weighted by Gasteiger charge is -2.41. The van der Waals surface area contributed by atoms with E-state index in [1.165, 1.54) is 16.6 Å². The Kier molecular flexibility index (Phi) is 4.29. The van der Waals surface area contributed by atoms with Gasteiger partial charge in [0.15, 0.2) is 5.65 Å². The monoisotopic (exact) mass is 439 g/mol. The molecule has 1 amide bonds. The van der Waals surface area contributed by atoms with E-state index in [4.69, 9.17) is 0 Å². The first-order valence-corrected chi connectivity index (χ1v) is 8.84. The molecule has 0 spiro atoms. The summed E-state index contributed by atoms with van der Waals surface area (Å²) < 4.78 is 39.8. The molecule has 0 bridgehead atoms. The Balaban J connectivity index is 1.36. The molecule has 3 aromatic rings. The zero-order valence-corrected chi connectivity index (χ0v) is 15.3. The molecule has 1 saturated heterocycles. The fraction of sp³-hybridized carbons (Fsp3) is 0.235. The van der Waals surface area contributed by atoms with Gasteiger partial charge < -0.3 is 10.2 Å². The van der Waals surface area contributed by atoms with Crippen LogP contribution in [0.3, 0.4) is 0 Å². The van der Waals surface area contributed by atoms with Gasteiger partial charge in [0.25, 0.3) is 5.91 Å². The van der Waals surface area contributed by atoms with E-state index in [0.29, 0.717) is 34.7 Å². The van der Waals surface area contributed by atoms with Gasteiger partial charge in [-0.3, -0.25) is 4.79 Å². The van der Waals surface area contributed by atoms with Crippen molar-refractivity contribution < 1.29 is 18.0 Å². The van der Waals surface area contributed by atoms with E-state index < -0.39 is 11.7 Å². The summed E-state index contributed by atoms with van der Waals surface area (Å²) in [4.78, 5) is 18.4. The minimum absolute atomic E-state index is 0.0713. The van der Waals surface area contributed by atoms with Crippen LogP contribution in [-0.4, -0.2) is 39.6 Å². The van der Waals surface area contributed by atoms with E-state index in [2.05, 4.69) is 31.3 Å². The van der Waals surface area contributed by atoms with Gasteiger partial charge in [-0.1, -0.05) is 0 Å². The number of alkyl halides is 3. The summed E-state index contributed by atoms with van der Waals surface area (Å²) in [6, 6.07) is 8.30. The zero-order valence-electron chi connectivity index (χ0n) is 13.7. The smallest absolute Gasteiger partial charge is 0.367 e. The second kappa shape index (κ2) is 6.52. The van der Waals surface area contributed by atoms with Gasteiger partial charge in [-0.05, 0) is 52.3 Å². The molecular weight excluding hydrogens is 427 g/mol. The van der Waals surface area contributed by atoms with Crippen LogP contribution in [0.25, 0.3) is 5.65 Å². The van der Waals surface area contributed by atoms with Crippen LogP contribution < -0.4 is 10.2 Å². The fourth-order valence-electron chi connectivity index (χ4n) is 2.90. The highest BCUT2D eigenvalue weighted by Gasteiger charge is 2.32. The van der Waals surface area contributed by atoms with Crippen molar-refractivity contribution in [3.05, 3.63) is 58.5 Å². The third-order valence-electron chi connectivity index (χ3n) is 4.34. The maximum atomic E-state index is 12.6.